The van der Waals surface area contributed by atoms with Crippen molar-refractivity contribution in [2.45, 2.75) is 38.1 Å². The fourth-order valence-electron chi connectivity index (χ4n) is 4.52. The predicted molar refractivity (Wildman–Crippen MR) is 139 cm³/mol. The molecule has 192 valence electrons. The zero-order valence-electron chi connectivity index (χ0n) is 20.2. The third kappa shape index (κ3) is 5.20. The van der Waals surface area contributed by atoms with Gasteiger partial charge in [-0.05, 0) is 57.0 Å². The monoisotopic (exact) mass is 520 g/mol. The zero-order valence-corrected chi connectivity index (χ0v) is 21.1. The molecule has 0 atom stereocenters. The lowest BCUT2D eigenvalue weighted by molar-refractivity contribution is 0.0950. The van der Waals surface area contributed by atoms with Crippen LogP contribution in [-0.2, 0) is 0 Å². The van der Waals surface area contributed by atoms with Gasteiger partial charge in [0.05, 0.1) is 27.7 Å². The third-order valence-electron chi connectivity index (χ3n) is 6.62. The highest BCUT2D eigenvalue weighted by molar-refractivity contribution is 7.17. The minimum Gasteiger partial charge on any atom is -0.493 e. The van der Waals surface area contributed by atoms with Crippen LogP contribution < -0.4 is 21.7 Å². The molecule has 6 rings (SSSR count). The summed E-state index contributed by atoms with van der Waals surface area (Å²) < 4.78 is 1.66. The van der Waals surface area contributed by atoms with Crippen molar-refractivity contribution in [3.63, 3.8) is 0 Å². The fraction of sp³-hybridized carbons (Fsp3) is 0.400. The van der Waals surface area contributed by atoms with Crippen molar-refractivity contribution in [3.05, 3.63) is 56.2 Å². The predicted octanol–water partition coefficient (Wildman–Crippen LogP) is 1.01. The van der Waals surface area contributed by atoms with E-state index in [1.807, 2.05) is 18.2 Å². The first-order chi connectivity index (χ1) is 18.0. The molecule has 4 aromatic rings. The Morgan fingerprint density at radius 3 is 2.84 bits per heavy atom. The van der Waals surface area contributed by atoms with E-state index in [1.165, 1.54) is 30.6 Å². The number of aromatic amines is 2. The molecule has 0 radical (unpaired) electrons. The van der Waals surface area contributed by atoms with Gasteiger partial charge in [0.1, 0.15) is 5.69 Å². The first kappa shape index (κ1) is 23.6. The average Bonchev–Trinajstić information content (AvgIpc) is 3.26. The Labute approximate surface area is 215 Å². The van der Waals surface area contributed by atoms with E-state index in [9.17, 15) is 14.7 Å². The molecule has 2 aliphatic rings. The van der Waals surface area contributed by atoms with Crippen molar-refractivity contribution in [1.29, 1.82) is 0 Å². The molecule has 4 aromatic heterocycles. The molecular weight excluding hydrogens is 492 g/mol. The lowest BCUT2D eigenvalue weighted by Gasteiger charge is -2.26. The number of nitrogens with zero attached hydrogens (tertiary/aromatic N) is 5. The van der Waals surface area contributed by atoms with E-state index in [4.69, 9.17) is 9.98 Å². The lowest BCUT2D eigenvalue weighted by Crippen LogP contribution is -2.37. The van der Waals surface area contributed by atoms with Gasteiger partial charge in [0.2, 0.25) is 5.88 Å². The second kappa shape index (κ2) is 9.94. The van der Waals surface area contributed by atoms with Crippen molar-refractivity contribution < 1.29 is 9.90 Å². The maximum absolute atomic E-state index is 12.8. The van der Waals surface area contributed by atoms with Crippen molar-refractivity contribution >= 4 is 29.0 Å². The molecule has 1 aliphatic heterocycles. The first-order valence-corrected chi connectivity index (χ1v) is 13.4. The first-order valence-electron chi connectivity index (χ1n) is 12.6. The number of aromatic nitrogens is 5. The Balaban J connectivity index is 1.30. The number of aromatic hydroxyl groups is 1. The molecule has 1 saturated carbocycles. The molecule has 12 heteroatoms. The maximum Gasteiger partial charge on any atom is 0.326 e. The highest BCUT2D eigenvalue weighted by atomic mass is 32.1. The number of hydrogen-bond donors (Lipinski definition) is 4. The lowest BCUT2D eigenvalue weighted by atomic mass is 10.1. The van der Waals surface area contributed by atoms with Crippen molar-refractivity contribution in [2.24, 2.45) is 4.99 Å². The van der Waals surface area contributed by atoms with Crippen LogP contribution in [0.15, 0.2) is 34.2 Å². The van der Waals surface area contributed by atoms with Gasteiger partial charge in [-0.15, -0.1) is 11.3 Å². The summed E-state index contributed by atoms with van der Waals surface area (Å²) >= 11 is 1.39. The summed E-state index contributed by atoms with van der Waals surface area (Å²) in [7, 11) is 0. The van der Waals surface area contributed by atoms with Crippen LogP contribution in [0.3, 0.4) is 0 Å². The molecule has 1 aliphatic carbocycles. The van der Waals surface area contributed by atoms with Gasteiger partial charge in [0, 0.05) is 24.4 Å². The summed E-state index contributed by atoms with van der Waals surface area (Å²) in [5.41, 5.74) is 1.64. The van der Waals surface area contributed by atoms with E-state index >= 15 is 0 Å². The number of nitrogens with one attached hydrogen (secondary N) is 3. The summed E-state index contributed by atoms with van der Waals surface area (Å²) in [5, 5.41) is 18.1. The number of carbonyl (C=O) groups is 1. The number of piperidine rings is 1. The van der Waals surface area contributed by atoms with Crippen LogP contribution in [0.2, 0.25) is 0 Å². The SMILES string of the molecule is O=C(NCCN1CCCCC1)c1ccc(-c2cc(=NC3CC3)n3nc/c(=C/c4[nH]c(=O)[nH]c4O)c3n2)s1. The van der Waals surface area contributed by atoms with Gasteiger partial charge in [-0.3, -0.25) is 14.8 Å². The second-order valence-corrected chi connectivity index (χ2v) is 10.6. The van der Waals surface area contributed by atoms with Gasteiger partial charge in [-0.25, -0.2) is 9.78 Å². The van der Waals surface area contributed by atoms with Crippen LogP contribution in [0.1, 0.15) is 47.5 Å². The van der Waals surface area contributed by atoms with Gasteiger partial charge in [0.25, 0.3) is 5.91 Å². The van der Waals surface area contributed by atoms with E-state index in [2.05, 4.69) is 25.3 Å². The molecule has 37 heavy (non-hydrogen) atoms. The van der Waals surface area contributed by atoms with Gasteiger partial charge < -0.3 is 20.3 Å². The minimum atomic E-state index is -0.501. The summed E-state index contributed by atoms with van der Waals surface area (Å²) in [5.74, 6) is -0.333. The standard InChI is InChI=1S/C25H28N8O3S/c34-23-18(30-25(36)31-23)12-15-14-27-33-21(28-16-4-5-16)13-17(29-22(15)33)19-6-7-20(37-19)24(35)26-8-11-32-9-2-1-3-10-32/h6-7,12-14,16,34H,1-5,8-11H2,(H,26,35)(H2,30,31,36)/b15-12-,28-21?. The molecule has 4 N–H and O–H groups in total. The Kier molecular flexibility index (Phi) is 6.35. The Hall–Kier alpha value is -3.77. The number of hydrogen-bond acceptors (Lipinski definition) is 8. The quantitative estimate of drug-likeness (QED) is 0.286. The van der Waals surface area contributed by atoms with E-state index in [1.54, 1.807) is 16.8 Å². The summed E-state index contributed by atoms with van der Waals surface area (Å²) in [6.07, 6.45) is 9.08. The minimum absolute atomic E-state index is 0.0810. The summed E-state index contributed by atoms with van der Waals surface area (Å²) in [6, 6.07) is 5.89. The van der Waals surface area contributed by atoms with Crippen molar-refractivity contribution in [2.75, 3.05) is 26.2 Å². The average molecular weight is 521 g/mol. The highest BCUT2D eigenvalue weighted by Crippen LogP contribution is 2.27. The molecule has 1 saturated heterocycles. The fourth-order valence-corrected chi connectivity index (χ4v) is 5.40. The number of H-pyrrole nitrogens is 2. The zero-order chi connectivity index (χ0) is 25.4. The molecule has 0 bridgehead atoms. The topological polar surface area (TPSA) is 144 Å². The van der Waals surface area contributed by atoms with Crippen LogP contribution in [0, 0.1) is 0 Å². The van der Waals surface area contributed by atoms with Crippen LogP contribution in [0.4, 0.5) is 0 Å². The molecule has 11 nitrogen and oxygen atoms in total. The van der Waals surface area contributed by atoms with Crippen molar-refractivity contribution in [1.82, 2.24) is 34.8 Å². The Morgan fingerprint density at radius 1 is 1.24 bits per heavy atom. The number of amides is 1. The van der Waals surface area contributed by atoms with Crippen LogP contribution >= 0.6 is 11.3 Å². The molecule has 2 fully saturated rings. The number of fused-ring (bicyclic) bond motifs is 1. The van der Waals surface area contributed by atoms with Gasteiger partial charge in [0.15, 0.2) is 11.1 Å². The third-order valence-corrected chi connectivity index (χ3v) is 7.73. The molecule has 1 amide bonds. The van der Waals surface area contributed by atoms with E-state index in [0.29, 0.717) is 33.5 Å². The molecule has 5 heterocycles. The number of thiophene rings is 1. The van der Waals surface area contributed by atoms with Crippen LogP contribution in [-0.4, -0.2) is 72.7 Å². The normalized spacial score (nSPS) is 17.6. The number of rotatable bonds is 7. The van der Waals surface area contributed by atoms with E-state index in [0.717, 1.165) is 37.4 Å². The van der Waals surface area contributed by atoms with Gasteiger partial charge in [-0.1, -0.05) is 6.42 Å². The Bertz CT molecular complexity index is 1620. The number of likely N-dealkylation sites (tertiary alicyclic amines) is 1. The maximum atomic E-state index is 12.8. The largest absolute Gasteiger partial charge is 0.493 e. The smallest absolute Gasteiger partial charge is 0.326 e. The molecule has 0 unspecified atom stereocenters. The molecular formula is C25H28N8O3S. The molecule has 0 spiro atoms. The second-order valence-electron chi connectivity index (χ2n) is 9.50. The highest BCUT2D eigenvalue weighted by Gasteiger charge is 2.21. The van der Waals surface area contributed by atoms with Crippen LogP contribution in [0.5, 0.6) is 5.88 Å². The van der Waals surface area contributed by atoms with Crippen molar-refractivity contribution in [3.8, 4) is 16.5 Å². The van der Waals surface area contributed by atoms with E-state index < -0.39 is 5.69 Å². The number of carbonyl (C=O) groups excluding carboxylic acids is 1. The molecule has 0 aromatic carbocycles. The summed E-state index contributed by atoms with van der Waals surface area (Å²) in [4.78, 5) is 42.7. The summed E-state index contributed by atoms with van der Waals surface area (Å²) in [6.45, 7) is 3.71. The Morgan fingerprint density at radius 2 is 2.08 bits per heavy atom. The number of imidazole rings is 1. The van der Waals surface area contributed by atoms with E-state index in [-0.39, 0.29) is 23.5 Å². The van der Waals surface area contributed by atoms with Crippen LogP contribution in [0.25, 0.3) is 22.3 Å². The van der Waals surface area contributed by atoms with Gasteiger partial charge >= 0.3 is 5.69 Å². The van der Waals surface area contributed by atoms with Gasteiger partial charge in [-0.2, -0.15) is 9.61 Å².